The predicted octanol–water partition coefficient (Wildman–Crippen LogP) is 5.33. The Labute approximate surface area is 187 Å². The molecule has 1 amide bonds. The molecule has 4 rings (SSSR count). The summed E-state index contributed by atoms with van der Waals surface area (Å²) in [6.07, 6.45) is 0. The topological polar surface area (TPSA) is 64.0 Å². The number of amides is 1. The maximum absolute atomic E-state index is 13.8. The second-order valence-corrected chi connectivity index (χ2v) is 8.99. The van der Waals surface area contributed by atoms with Crippen molar-refractivity contribution in [3.8, 4) is 0 Å². The van der Waals surface area contributed by atoms with Crippen LogP contribution in [0.2, 0.25) is 0 Å². The molecule has 0 saturated heterocycles. The molecule has 1 N–H and O–H groups in total. The van der Waals surface area contributed by atoms with E-state index in [4.69, 9.17) is 4.98 Å². The molecule has 0 aliphatic rings. The number of rotatable bonds is 4. The lowest BCUT2D eigenvalue weighted by molar-refractivity contribution is -0.123. The first kappa shape index (κ1) is 21.5. The Hall–Kier alpha value is -3.73. The van der Waals surface area contributed by atoms with Crippen molar-refractivity contribution >= 4 is 22.5 Å². The maximum atomic E-state index is 13.8. The van der Waals surface area contributed by atoms with Crippen LogP contribution in [0.15, 0.2) is 83.7 Å². The second-order valence-electron chi connectivity index (χ2n) is 8.99. The summed E-state index contributed by atoms with van der Waals surface area (Å²) in [4.78, 5) is 31.0. The zero-order valence-electron chi connectivity index (χ0n) is 18.8. The Bertz CT molecular complexity index is 1280. The molecule has 0 spiro atoms. The number of aryl methyl sites for hydroxylation is 1. The lowest BCUT2D eigenvalue weighted by atomic mass is 9.95. The van der Waals surface area contributed by atoms with E-state index in [2.05, 4.69) is 5.32 Å². The van der Waals surface area contributed by atoms with Crippen LogP contribution in [0.25, 0.3) is 10.9 Å². The van der Waals surface area contributed by atoms with Crippen LogP contribution >= 0.6 is 0 Å². The number of benzene rings is 3. The van der Waals surface area contributed by atoms with E-state index in [9.17, 15) is 9.59 Å². The van der Waals surface area contributed by atoms with Gasteiger partial charge in [-0.1, -0.05) is 81.4 Å². The van der Waals surface area contributed by atoms with E-state index in [-0.39, 0.29) is 17.5 Å². The van der Waals surface area contributed by atoms with Gasteiger partial charge in [0.15, 0.2) is 0 Å². The van der Waals surface area contributed by atoms with E-state index < -0.39 is 5.41 Å². The molecule has 32 heavy (non-hydrogen) atoms. The van der Waals surface area contributed by atoms with Gasteiger partial charge in [-0.2, -0.15) is 0 Å². The van der Waals surface area contributed by atoms with Gasteiger partial charge in [0.25, 0.3) is 5.56 Å². The summed E-state index contributed by atoms with van der Waals surface area (Å²) >= 11 is 0. The molecule has 0 fully saturated rings. The fraction of sp³-hybridized carbons (Fsp3) is 0.222. The summed E-state index contributed by atoms with van der Waals surface area (Å²) in [6, 6.07) is 24.9. The van der Waals surface area contributed by atoms with E-state index in [1.165, 1.54) is 0 Å². The van der Waals surface area contributed by atoms with E-state index >= 15 is 0 Å². The molecule has 5 heteroatoms. The Morgan fingerprint density at radius 3 is 2.00 bits per heavy atom. The number of fused-ring (bicyclic) bond motifs is 1. The van der Waals surface area contributed by atoms with Crippen molar-refractivity contribution in [1.82, 2.24) is 9.55 Å². The third-order valence-electron chi connectivity index (χ3n) is 5.50. The standard InChI is InChI=1S/C27H27N3O2/c1-18-28-23-16-15-21(29-26(32)27(2,3)4)17-22(23)25(31)30(18)24(19-11-7-5-8-12-19)20-13-9-6-10-14-20/h5-17,24H,1-4H3,(H,29,32). The normalized spacial score (nSPS) is 11.7. The van der Waals surface area contributed by atoms with Crippen LogP contribution < -0.4 is 10.9 Å². The quantitative estimate of drug-likeness (QED) is 0.481. The molecule has 3 aromatic carbocycles. The molecule has 162 valence electrons. The van der Waals surface area contributed by atoms with Gasteiger partial charge in [-0.15, -0.1) is 0 Å². The first-order valence-electron chi connectivity index (χ1n) is 10.7. The maximum Gasteiger partial charge on any atom is 0.262 e. The van der Waals surface area contributed by atoms with Gasteiger partial charge < -0.3 is 5.32 Å². The lowest BCUT2D eigenvalue weighted by Crippen LogP contribution is -2.30. The smallest absolute Gasteiger partial charge is 0.262 e. The third-order valence-corrected chi connectivity index (χ3v) is 5.50. The zero-order valence-corrected chi connectivity index (χ0v) is 18.8. The highest BCUT2D eigenvalue weighted by Gasteiger charge is 2.23. The van der Waals surface area contributed by atoms with Crippen LogP contribution in [0.1, 0.15) is 43.8 Å². The first-order chi connectivity index (χ1) is 15.3. The van der Waals surface area contributed by atoms with Gasteiger partial charge in [0, 0.05) is 11.1 Å². The van der Waals surface area contributed by atoms with Gasteiger partial charge in [-0.25, -0.2) is 4.98 Å². The van der Waals surface area contributed by atoms with E-state index in [1.807, 2.05) is 88.4 Å². The van der Waals surface area contributed by atoms with E-state index in [1.54, 1.807) is 22.8 Å². The van der Waals surface area contributed by atoms with Crippen LogP contribution in [0, 0.1) is 12.3 Å². The summed E-state index contributed by atoms with van der Waals surface area (Å²) in [6.45, 7) is 7.41. The highest BCUT2D eigenvalue weighted by molar-refractivity contribution is 5.96. The lowest BCUT2D eigenvalue weighted by Gasteiger charge is -2.23. The minimum absolute atomic E-state index is 0.108. The third kappa shape index (κ3) is 4.19. The summed E-state index contributed by atoms with van der Waals surface area (Å²) in [7, 11) is 0. The highest BCUT2D eigenvalue weighted by atomic mass is 16.2. The summed E-state index contributed by atoms with van der Waals surface area (Å²) in [5.41, 5.74) is 2.52. The first-order valence-corrected chi connectivity index (χ1v) is 10.7. The van der Waals surface area contributed by atoms with Crippen molar-refractivity contribution in [2.45, 2.75) is 33.7 Å². The molecule has 1 aromatic heterocycles. The molecule has 5 nitrogen and oxygen atoms in total. The van der Waals surface area contributed by atoms with Crippen LogP contribution in [0.5, 0.6) is 0 Å². The molecule has 0 aliphatic heterocycles. The van der Waals surface area contributed by atoms with Gasteiger partial charge >= 0.3 is 0 Å². The second kappa shape index (κ2) is 8.42. The van der Waals surface area contributed by atoms with Gasteiger partial charge in [0.05, 0.1) is 16.9 Å². The average molecular weight is 426 g/mol. The number of nitrogens with zero attached hydrogens (tertiary/aromatic N) is 2. The number of hydrogen-bond acceptors (Lipinski definition) is 3. The summed E-state index contributed by atoms with van der Waals surface area (Å²) in [5, 5.41) is 3.38. The predicted molar refractivity (Wildman–Crippen MR) is 129 cm³/mol. The van der Waals surface area contributed by atoms with Crippen molar-refractivity contribution in [3.05, 3.63) is 106 Å². The highest BCUT2D eigenvalue weighted by Crippen LogP contribution is 2.27. The fourth-order valence-corrected chi connectivity index (χ4v) is 3.77. The van der Waals surface area contributed by atoms with Gasteiger partial charge in [-0.05, 0) is 36.2 Å². The van der Waals surface area contributed by atoms with Crippen molar-refractivity contribution < 1.29 is 4.79 Å². The van der Waals surface area contributed by atoms with Crippen molar-refractivity contribution in [3.63, 3.8) is 0 Å². The van der Waals surface area contributed by atoms with Crippen molar-refractivity contribution in [2.24, 2.45) is 5.41 Å². The number of carbonyl (C=O) groups excluding carboxylic acids is 1. The monoisotopic (exact) mass is 425 g/mol. The Morgan fingerprint density at radius 2 is 1.47 bits per heavy atom. The van der Waals surface area contributed by atoms with Gasteiger partial charge in [0.2, 0.25) is 5.91 Å². The zero-order chi connectivity index (χ0) is 22.9. The van der Waals surface area contributed by atoms with Crippen molar-refractivity contribution in [1.29, 1.82) is 0 Å². The minimum atomic E-state index is -0.535. The fourth-order valence-electron chi connectivity index (χ4n) is 3.77. The van der Waals surface area contributed by atoms with Crippen LogP contribution in [0.4, 0.5) is 5.69 Å². The van der Waals surface area contributed by atoms with Crippen LogP contribution in [0.3, 0.4) is 0 Å². The summed E-state index contributed by atoms with van der Waals surface area (Å²) in [5.74, 6) is 0.523. The number of anilines is 1. The van der Waals surface area contributed by atoms with Gasteiger partial charge in [0.1, 0.15) is 5.82 Å². The number of aromatic nitrogens is 2. The van der Waals surface area contributed by atoms with Crippen molar-refractivity contribution in [2.75, 3.05) is 5.32 Å². The Kier molecular flexibility index (Phi) is 5.66. The molecular formula is C27H27N3O2. The van der Waals surface area contributed by atoms with E-state index in [0.29, 0.717) is 22.4 Å². The number of hydrogen-bond donors (Lipinski definition) is 1. The van der Waals surface area contributed by atoms with Crippen LogP contribution in [-0.2, 0) is 4.79 Å². The summed E-state index contributed by atoms with van der Waals surface area (Å²) < 4.78 is 1.74. The largest absolute Gasteiger partial charge is 0.326 e. The van der Waals surface area contributed by atoms with Crippen LogP contribution in [-0.4, -0.2) is 15.5 Å². The number of nitrogens with one attached hydrogen (secondary N) is 1. The molecule has 1 heterocycles. The van der Waals surface area contributed by atoms with E-state index in [0.717, 1.165) is 11.1 Å². The molecule has 0 saturated carbocycles. The molecule has 4 aromatic rings. The SMILES string of the molecule is Cc1nc2ccc(NC(=O)C(C)(C)C)cc2c(=O)n1C(c1ccccc1)c1ccccc1. The molecule has 0 aliphatic carbocycles. The minimum Gasteiger partial charge on any atom is -0.326 e. The molecule has 0 radical (unpaired) electrons. The molecule has 0 bridgehead atoms. The van der Waals surface area contributed by atoms with Gasteiger partial charge in [-0.3, -0.25) is 14.2 Å². The average Bonchev–Trinajstić information content (AvgIpc) is 2.77. The Morgan fingerprint density at radius 1 is 0.906 bits per heavy atom. The molecule has 0 unspecified atom stereocenters. The Balaban J connectivity index is 1.90. The number of carbonyl (C=O) groups is 1. The molecular weight excluding hydrogens is 398 g/mol. The molecule has 0 atom stereocenters.